The van der Waals surface area contributed by atoms with Gasteiger partial charge in [0.2, 0.25) is 0 Å². The van der Waals surface area contributed by atoms with Gasteiger partial charge in [-0.25, -0.2) is 0 Å². The molecule has 1 aliphatic rings. The van der Waals surface area contributed by atoms with Gasteiger partial charge in [0.05, 0.1) is 12.6 Å². The monoisotopic (exact) mass is 349 g/mol. The second-order valence-corrected chi connectivity index (χ2v) is 5.71. The number of halogens is 1. The van der Waals surface area contributed by atoms with Crippen molar-refractivity contribution in [3.8, 4) is 11.5 Å². The molecule has 21 heavy (non-hydrogen) atoms. The van der Waals surface area contributed by atoms with Crippen molar-refractivity contribution in [3.63, 3.8) is 0 Å². The minimum absolute atomic E-state index is 0.00778. The Kier molecular flexibility index (Phi) is 4.31. The normalized spacial score (nSPS) is 14.6. The third kappa shape index (κ3) is 3.31. The Labute approximate surface area is 131 Å². The van der Waals surface area contributed by atoms with Crippen molar-refractivity contribution in [2.75, 3.05) is 25.1 Å². The molecule has 0 bridgehead atoms. The van der Waals surface area contributed by atoms with Gasteiger partial charge in [0.1, 0.15) is 13.2 Å². The zero-order chi connectivity index (χ0) is 14.7. The molecule has 0 amide bonds. The average molecular weight is 350 g/mol. The Bertz CT molecular complexity index is 633. The zero-order valence-electron chi connectivity index (χ0n) is 11.4. The highest BCUT2D eigenvalue weighted by molar-refractivity contribution is 9.10. The lowest BCUT2D eigenvalue weighted by atomic mass is 10.1. The molecule has 1 heterocycles. The minimum atomic E-state index is -0.199. The van der Waals surface area contributed by atoms with E-state index >= 15 is 0 Å². The van der Waals surface area contributed by atoms with Gasteiger partial charge in [-0.15, -0.1) is 0 Å². The fourth-order valence-electron chi connectivity index (χ4n) is 2.29. The van der Waals surface area contributed by atoms with E-state index in [1.807, 2.05) is 42.5 Å². The summed E-state index contributed by atoms with van der Waals surface area (Å²) < 4.78 is 12.1. The number of nitrogens with one attached hydrogen (secondary N) is 1. The van der Waals surface area contributed by atoms with Crippen molar-refractivity contribution < 1.29 is 14.6 Å². The average Bonchev–Trinajstić information content (AvgIpc) is 2.52. The van der Waals surface area contributed by atoms with Gasteiger partial charge in [-0.2, -0.15) is 0 Å². The van der Waals surface area contributed by atoms with E-state index in [-0.39, 0.29) is 12.6 Å². The van der Waals surface area contributed by atoms with E-state index in [1.165, 1.54) is 0 Å². The van der Waals surface area contributed by atoms with Crippen LogP contribution in [0.25, 0.3) is 0 Å². The number of hydrogen-bond donors (Lipinski definition) is 2. The van der Waals surface area contributed by atoms with Crippen molar-refractivity contribution in [2.45, 2.75) is 6.04 Å². The number of anilines is 1. The summed E-state index contributed by atoms with van der Waals surface area (Å²) in [6.07, 6.45) is 0. The Hall–Kier alpha value is -1.72. The van der Waals surface area contributed by atoms with Gasteiger partial charge in [0.15, 0.2) is 11.5 Å². The number of rotatable bonds is 4. The van der Waals surface area contributed by atoms with Crippen LogP contribution in [-0.2, 0) is 0 Å². The molecule has 3 rings (SSSR count). The molecule has 5 heteroatoms. The predicted octanol–water partition coefficient (Wildman–Crippen LogP) is 3.37. The molecule has 0 saturated carbocycles. The largest absolute Gasteiger partial charge is 0.486 e. The molecule has 4 nitrogen and oxygen atoms in total. The highest BCUT2D eigenvalue weighted by atomic mass is 79.9. The fourth-order valence-corrected chi connectivity index (χ4v) is 2.69. The number of benzene rings is 2. The SMILES string of the molecule is OCC(Nc1cccc(Br)c1)c1ccc2c(c1)OCCO2. The van der Waals surface area contributed by atoms with Gasteiger partial charge in [-0.1, -0.05) is 28.1 Å². The van der Waals surface area contributed by atoms with Crippen LogP contribution in [0.3, 0.4) is 0 Å². The molecule has 0 fully saturated rings. The van der Waals surface area contributed by atoms with Crippen LogP contribution in [0.4, 0.5) is 5.69 Å². The smallest absolute Gasteiger partial charge is 0.161 e. The Morgan fingerprint density at radius 2 is 1.90 bits per heavy atom. The van der Waals surface area contributed by atoms with Crippen LogP contribution in [0.5, 0.6) is 11.5 Å². The predicted molar refractivity (Wildman–Crippen MR) is 85.0 cm³/mol. The van der Waals surface area contributed by atoms with Gasteiger partial charge < -0.3 is 19.9 Å². The van der Waals surface area contributed by atoms with Gasteiger partial charge in [0, 0.05) is 10.2 Å². The van der Waals surface area contributed by atoms with Gasteiger partial charge >= 0.3 is 0 Å². The number of hydrogen-bond acceptors (Lipinski definition) is 4. The van der Waals surface area contributed by atoms with Gasteiger partial charge in [-0.05, 0) is 35.9 Å². The summed E-state index contributed by atoms with van der Waals surface area (Å²) in [5, 5.41) is 13.0. The Balaban J connectivity index is 1.82. The summed E-state index contributed by atoms with van der Waals surface area (Å²) in [6, 6.07) is 13.4. The molecule has 0 radical (unpaired) electrons. The fraction of sp³-hybridized carbons (Fsp3) is 0.250. The Morgan fingerprint density at radius 1 is 1.10 bits per heavy atom. The summed E-state index contributed by atoms with van der Waals surface area (Å²) in [5.41, 5.74) is 1.90. The molecule has 0 aliphatic carbocycles. The number of aliphatic hydroxyl groups excluding tert-OH is 1. The van der Waals surface area contributed by atoms with Crippen molar-refractivity contribution in [1.82, 2.24) is 0 Å². The first-order chi connectivity index (χ1) is 10.3. The first kappa shape index (κ1) is 14.2. The second-order valence-electron chi connectivity index (χ2n) is 4.79. The van der Waals surface area contributed by atoms with Crippen LogP contribution < -0.4 is 14.8 Å². The first-order valence-electron chi connectivity index (χ1n) is 6.79. The summed E-state index contributed by atoms with van der Waals surface area (Å²) in [5.74, 6) is 1.48. The lowest BCUT2D eigenvalue weighted by Gasteiger charge is -2.22. The minimum Gasteiger partial charge on any atom is -0.486 e. The third-order valence-corrected chi connectivity index (χ3v) is 3.81. The molecule has 1 unspecified atom stereocenters. The van der Waals surface area contributed by atoms with Crippen molar-refractivity contribution in [3.05, 3.63) is 52.5 Å². The number of aliphatic hydroxyl groups is 1. The molecule has 1 atom stereocenters. The molecule has 0 saturated heterocycles. The standard InChI is InChI=1S/C16H16BrNO3/c17-12-2-1-3-13(9-12)18-14(10-19)11-4-5-15-16(8-11)21-7-6-20-15/h1-5,8-9,14,18-19H,6-7,10H2. The lowest BCUT2D eigenvalue weighted by molar-refractivity contribution is 0.171. The van der Waals surface area contributed by atoms with E-state index in [4.69, 9.17) is 9.47 Å². The van der Waals surface area contributed by atoms with E-state index in [2.05, 4.69) is 21.2 Å². The van der Waals surface area contributed by atoms with E-state index in [0.717, 1.165) is 27.2 Å². The topological polar surface area (TPSA) is 50.7 Å². The van der Waals surface area contributed by atoms with Crippen LogP contribution >= 0.6 is 15.9 Å². The molecule has 2 N–H and O–H groups in total. The first-order valence-corrected chi connectivity index (χ1v) is 7.58. The molecular formula is C16H16BrNO3. The highest BCUT2D eigenvalue weighted by Gasteiger charge is 2.16. The molecule has 1 aliphatic heterocycles. The highest BCUT2D eigenvalue weighted by Crippen LogP contribution is 2.33. The maximum atomic E-state index is 9.67. The van der Waals surface area contributed by atoms with Gasteiger partial charge in [0.25, 0.3) is 0 Å². The summed E-state index contributed by atoms with van der Waals surface area (Å²) in [4.78, 5) is 0. The zero-order valence-corrected chi connectivity index (χ0v) is 13.0. The van der Waals surface area contributed by atoms with E-state index < -0.39 is 0 Å². The summed E-state index contributed by atoms with van der Waals surface area (Å²) >= 11 is 3.44. The number of fused-ring (bicyclic) bond motifs is 1. The van der Waals surface area contributed by atoms with Crippen molar-refractivity contribution in [1.29, 1.82) is 0 Å². The second kappa shape index (κ2) is 6.37. The van der Waals surface area contributed by atoms with E-state index in [0.29, 0.717) is 13.2 Å². The lowest BCUT2D eigenvalue weighted by Crippen LogP contribution is -2.18. The summed E-state index contributed by atoms with van der Waals surface area (Å²) in [7, 11) is 0. The summed E-state index contributed by atoms with van der Waals surface area (Å²) in [6.45, 7) is 1.12. The molecule has 0 spiro atoms. The van der Waals surface area contributed by atoms with E-state index in [9.17, 15) is 5.11 Å². The van der Waals surface area contributed by atoms with Crippen LogP contribution in [0.15, 0.2) is 46.9 Å². The maximum absolute atomic E-state index is 9.67. The third-order valence-electron chi connectivity index (χ3n) is 3.32. The van der Waals surface area contributed by atoms with Gasteiger partial charge in [-0.3, -0.25) is 0 Å². The molecule has 2 aromatic carbocycles. The van der Waals surface area contributed by atoms with Crippen LogP contribution in [0.1, 0.15) is 11.6 Å². The maximum Gasteiger partial charge on any atom is 0.161 e. The van der Waals surface area contributed by atoms with Crippen LogP contribution in [0, 0.1) is 0 Å². The quantitative estimate of drug-likeness (QED) is 0.888. The van der Waals surface area contributed by atoms with Crippen LogP contribution in [-0.4, -0.2) is 24.9 Å². The number of ether oxygens (including phenoxy) is 2. The van der Waals surface area contributed by atoms with E-state index in [1.54, 1.807) is 0 Å². The molecule has 2 aromatic rings. The molecule has 0 aromatic heterocycles. The molecular weight excluding hydrogens is 334 g/mol. The molecule has 110 valence electrons. The van der Waals surface area contributed by atoms with Crippen molar-refractivity contribution >= 4 is 21.6 Å². The Morgan fingerprint density at radius 3 is 2.67 bits per heavy atom. The van der Waals surface area contributed by atoms with Crippen molar-refractivity contribution in [2.24, 2.45) is 0 Å². The van der Waals surface area contributed by atoms with Crippen LogP contribution in [0.2, 0.25) is 0 Å².